The lowest BCUT2D eigenvalue weighted by Gasteiger charge is -2.38. The van der Waals surface area contributed by atoms with E-state index in [9.17, 15) is 4.79 Å². The van der Waals surface area contributed by atoms with Crippen molar-refractivity contribution in [1.29, 1.82) is 0 Å². The van der Waals surface area contributed by atoms with E-state index < -0.39 is 0 Å². The van der Waals surface area contributed by atoms with E-state index in [1.165, 1.54) is 0 Å². The summed E-state index contributed by atoms with van der Waals surface area (Å²) in [7, 11) is 1.60. The lowest BCUT2D eigenvalue weighted by atomic mass is 10.1. The fraction of sp³-hybridized carbons (Fsp3) is 0.500. The van der Waals surface area contributed by atoms with Crippen LogP contribution in [0.1, 0.15) is 24.2 Å². The first kappa shape index (κ1) is 12.7. The van der Waals surface area contributed by atoms with Gasteiger partial charge in [0.15, 0.2) is 6.29 Å². The third-order valence-corrected chi connectivity index (χ3v) is 3.54. The number of ether oxygens (including phenoxy) is 1. The van der Waals surface area contributed by atoms with Crippen LogP contribution in [0.4, 0.5) is 11.4 Å². The summed E-state index contributed by atoms with van der Waals surface area (Å²) in [5.41, 5.74) is 2.91. The smallest absolute Gasteiger partial charge is 0.153 e. The van der Waals surface area contributed by atoms with E-state index in [2.05, 4.69) is 23.6 Å². The van der Waals surface area contributed by atoms with Gasteiger partial charge in [0, 0.05) is 32.2 Å². The summed E-state index contributed by atoms with van der Waals surface area (Å²) in [4.78, 5) is 15.7. The molecular weight excluding hydrogens is 228 g/mol. The zero-order valence-electron chi connectivity index (χ0n) is 11.3. The lowest BCUT2D eigenvalue weighted by Crippen LogP contribution is -2.41. The Morgan fingerprint density at radius 2 is 1.72 bits per heavy atom. The molecular formula is C14H20N2O2. The molecule has 0 radical (unpaired) electrons. The molecule has 0 fully saturated rings. The van der Waals surface area contributed by atoms with Gasteiger partial charge in [-0.3, -0.25) is 4.79 Å². The van der Waals surface area contributed by atoms with E-state index in [4.69, 9.17) is 4.74 Å². The van der Waals surface area contributed by atoms with Crippen molar-refractivity contribution in [3.63, 3.8) is 0 Å². The Hall–Kier alpha value is -1.71. The minimum Gasteiger partial charge on any atom is -0.496 e. The Labute approximate surface area is 108 Å². The number of hydrogen-bond donors (Lipinski definition) is 0. The summed E-state index contributed by atoms with van der Waals surface area (Å²) >= 11 is 0. The molecule has 2 rings (SSSR count). The number of carbonyl (C=O) groups is 1. The Kier molecular flexibility index (Phi) is 3.75. The number of methoxy groups -OCH3 is 1. The first-order chi connectivity index (χ1) is 8.74. The van der Waals surface area contributed by atoms with Gasteiger partial charge in [-0.25, -0.2) is 0 Å². The van der Waals surface area contributed by atoms with Crippen LogP contribution in [0, 0.1) is 0 Å². The highest BCUT2D eigenvalue weighted by Gasteiger charge is 2.22. The molecule has 0 bridgehead atoms. The van der Waals surface area contributed by atoms with Crippen molar-refractivity contribution in [2.45, 2.75) is 13.8 Å². The molecule has 0 saturated heterocycles. The molecule has 1 aromatic carbocycles. The largest absolute Gasteiger partial charge is 0.496 e. The molecule has 1 aliphatic heterocycles. The molecule has 0 amide bonds. The molecule has 0 atom stereocenters. The molecule has 0 spiro atoms. The summed E-state index contributed by atoms with van der Waals surface area (Å²) < 4.78 is 5.29. The van der Waals surface area contributed by atoms with Gasteiger partial charge in [-0.05, 0) is 19.9 Å². The molecule has 0 saturated carbocycles. The first-order valence-corrected chi connectivity index (χ1v) is 6.42. The van der Waals surface area contributed by atoms with Gasteiger partial charge >= 0.3 is 0 Å². The van der Waals surface area contributed by atoms with Crippen molar-refractivity contribution < 1.29 is 9.53 Å². The first-order valence-electron chi connectivity index (χ1n) is 6.42. The van der Waals surface area contributed by atoms with E-state index in [1.54, 1.807) is 7.11 Å². The zero-order valence-corrected chi connectivity index (χ0v) is 11.3. The number of nitrogens with zero attached hydrogens (tertiary/aromatic N) is 2. The number of likely N-dealkylation sites (N-methyl/N-ethyl adjacent to an activating group) is 2. The van der Waals surface area contributed by atoms with Crippen LogP contribution in [0.15, 0.2) is 12.1 Å². The van der Waals surface area contributed by atoms with Gasteiger partial charge in [0.2, 0.25) is 0 Å². The van der Waals surface area contributed by atoms with Crippen LogP contribution >= 0.6 is 0 Å². The number of anilines is 2. The number of rotatable bonds is 4. The Bertz CT molecular complexity index is 446. The summed E-state index contributed by atoms with van der Waals surface area (Å²) in [5, 5.41) is 0. The van der Waals surface area contributed by atoms with Crippen molar-refractivity contribution in [1.82, 2.24) is 0 Å². The van der Waals surface area contributed by atoms with E-state index in [0.717, 1.165) is 43.8 Å². The number of aldehydes is 1. The Morgan fingerprint density at radius 1 is 1.17 bits per heavy atom. The fourth-order valence-electron chi connectivity index (χ4n) is 2.49. The quantitative estimate of drug-likeness (QED) is 0.765. The highest BCUT2D eigenvalue weighted by molar-refractivity contribution is 5.87. The molecule has 4 heteroatoms. The van der Waals surface area contributed by atoms with E-state index >= 15 is 0 Å². The minimum absolute atomic E-state index is 0.618. The van der Waals surface area contributed by atoms with Crippen LogP contribution < -0.4 is 14.5 Å². The third-order valence-electron chi connectivity index (χ3n) is 3.54. The monoisotopic (exact) mass is 248 g/mol. The standard InChI is InChI=1S/C14H20N2O2/c1-4-15-6-7-16(5-2)13-9-14(18-3)11(10-17)8-12(13)15/h8-10H,4-7H2,1-3H3. The number of fused-ring (bicyclic) bond motifs is 1. The van der Waals surface area contributed by atoms with Crippen LogP contribution in [-0.2, 0) is 0 Å². The predicted molar refractivity (Wildman–Crippen MR) is 74.2 cm³/mol. The molecule has 4 nitrogen and oxygen atoms in total. The molecule has 98 valence electrons. The normalized spacial score (nSPS) is 14.4. The molecule has 18 heavy (non-hydrogen) atoms. The Balaban J connectivity index is 2.55. The number of carbonyl (C=O) groups excluding carboxylic acids is 1. The highest BCUT2D eigenvalue weighted by Crippen LogP contribution is 2.37. The van der Waals surface area contributed by atoms with Crippen molar-refractivity contribution in [3.8, 4) is 5.75 Å². The second-order valence-corrected chi connectivity index (χ2v) is 4.36. The SMILES string of the molecule is CCN1CCN(CC)c2cc(OC)c(C=O)cc21. The van der Waals surface area contributed by atoms with E-state index in [0.29, 0.717) is 11.3 Å². The highest BCUT2D eigenvalue weighted by atomic mass is 16.5. The average molecular weight is 248 g/mol. The maximum atomic E-state index is 11.1. The molecule has 1 aromatic rings. The maximum absolute atomic E-state index is 11.1. The van der Waals surface area contributed by atoms with Crippen LogP contribution in [0.3, 0.4) is 0 Å². The van der Waals surface area contributed by atoms with Gasteiger partial charge in [-0.1, -0.05) is 0 Å². The van der Waals surface area contributed by atoms with Gasteiger partial charge < -0.3 is 14.5 Å². The number of hydrogen-bond acceptors (Lipinski definition) is 4. The van der Waals surface area contributed by atoms with Gasteiger partial charge in [0.05, 0.1) is 24.0 Å². The van der Waals surface area contributed by atoms with Crippen molar-refractivity contribution in [3.05, 3.63) is 17.7 Å². The molecule has 0 N–H and O–H groups in total. The van der Waals surface area contributed by atoms with Gasteiger partial charge in [0.1, 0.15) is 5.75 Å². The zero-order chi connectivity index (χ0) is 13.1. The number of benzene rings is 1. The van der Waals surface area contributed by atoms with Crippen molar-refractivity contribution in [2.24, 2.45) is 0 Å². The van der Waals surface area contributed by atoms with Crippen LogP contribution in [0.5, 0.6) is 5.75 Å². The Morgan fingerprint density at radius 3 is 2.17 bits per heavy atom. The minimum atomic E-state index is 0.618. The summed E-state index contributed by atoms with van der Waals surface area (Å²) in [6.45, 7) is 8.22. The van der Waals surface area contributed by atoms with Gasteiger partial charge in [0.25, 0.3) is 0 Å². The predicted octanol–water partition coefficient (Wildman–Crippen LogP) is 2.17. The topological polar surface area (TPSA) is 32.8 Å². The van der Waals surface area contributed by atoms with Gasteiger partial charge in [-0.15, -0.1) is 0 Å². The second-order valence-electron chi connectivity index (χ2n) is 4.36. The lowest BCUT2D eigenvalue weighted by molar-refractivity contribution is 0.112. The summed E-state index contributed by atoms with van der Waals surface area (Å²) in [5.74, 6) is 0.653. The van der Waals surface area contributed by atoms with Crippen molar-refractivity contribution >= 4 is 17.7 Å². The fourth-order valence-corrected chi connectivity index (χ4v) is 2.49. The van der Waals surface area contributed by atoms with Crippen LogP contribution in [0.2, 0.25) is 0 Å². The maximum Gasteiger partial charge on any atom is 0.153 e. The van der Waals surface area contributed by atoms with Crippen LogP contribution in [-0.4, -0.2) is 39.6 Å². The van der Waals surface area contributed by atoms with E-state index in [-0.39, 0.29) is 0 Å². The van der Waals surface area contributed by atoms with Crippen molar-refractivity contribution in [2.75, 3.05) is 43.1 Å². The van der Waals surface area contributed by atoms with Gasteiger partial charge in [-0.2, -0.15) is 0 Å². The summed E-state index contributed by atoms with van der Waals surface area (Å²) in [6.07, 6.45) is 0.859. The molecule has 0 aliphatic carbocycles. The average Bonchev–Trinajstić information content (AvgIpc) is 2.44. The third kappa shape index (κ3) is 2.03. The summed E-state index contributed by atoms with van der Waals surface area (Å²) in [6, 6.07) is 3.91. The van der Waals surface area contributed by atoms with Crippen LogP contribution in [0.25, 0.3) is 0 Å². The molecule has 0 aromatic heterocycles. The van der Waals surface area contributed by atoms with E-state index in [1.807, 2.05) is 12.1 Å². The molecule has 1 aliphatic rings. The second kappa shape index (κ2) is 5.29. The molecule has 0 unspecified atom stereocenters. The molecule has 1 heterocycles.